The molecule has 2 aliphatic rings. The van der Waals surface area contributed by atoms with Gasteiger partial charge in [0.15, 0.2) is 0 Å². The number of para-hydroxylation sites is 3. The highest BCUT2D eigenvalue weighted by atomic mass is 15.2. The van der Waals surface area contributed by atoms with E-state index in [0.29, 0.717) is 0 Å². The van der Waals surface area contributed by atoms with Crippen LogP contribution in [0.15, 0.2) is 127 Å². The van der Waals surface area contributed by atoms with Crippen LogP contribution in [-0.2, 0) is 0 Å². The molecule has 1 aliphatic heterocycles. The van der Waals surface area contributed by atoms with Gasteiger partial charge in [0.05, 0.1) is 28.3 Å². The summed E-state index contributed by atoms with van der Waals surface area (Å²) in [6.07, 6.45) is 2.47. The smallest absolute Gasteiger partial charge is 0.134 e. The standard InChI is InChI=1S/C36H27N3/c1-24-23-32-34(27-17-8-10-20-30(27)38(32)26-15-6-3-7-16-26)35-28-18-9-11-21-31(28)39(36(24)35)33-22-12-19-29(37-33)25-13-4-2-5-14-25/h2-24,36H,1H3. The topological polar surface area (TPSA) is 21.1 Å². The van der Waals surface area contributed by atoms with E-state index in [1.165, 1.54) is 44.0 Å². The van der Waals surface area contributed by atoms with E-state index in [-0.39, 0.29) is 12.0 Å². The summed E-state index contributed by atoms with van der Waals surface area (Å²) in [5, 5.41) is 3.91. The van der Waals surface area contributed by atoms with Gasteiger partial charge in [-0.25, -0.2) is 4.98 Å². The van der Waals surface area contributed by atoms with E-state index < -0.39 is 0 Å². The fourth-order valence-corrected chi connectivity index (χ4v) is 6.62. The highest BCUT2D eigenvalue weighted by Crippen LogP contribution is 2.47. The van der Waals surface area contributed by atoms with Crippen molar-refractivity contribution < 1.29 is 0 Å². The molecule has 0 bridgehead atoms. The number of fused-ring (bicyclic) bond motifs is 6. The van der Waals surface area contributed by atoms with Gasteiger partial charge in [0, 0.05) is 33.3 Å². The van der Waals surface area contributed by atoms with Crippen LogP contribution in [0.1, 0.15) is 12.5 Å². The highest BCUT2D eigenvalue weighted by molar-refractivity contribution is 5.97. The molecule has 8 rings (SSSR count). The summed E-state index contributed by atoms with van der Waals surface area (Å²) in [4.78, 5) is 7.68. The van der Waals surface area contributed by atoms with E-state index >= 15 is 0 Å². The van der Waals surface area contributed by atoms with E-state index in [1.807, 2.05) is 6.07 Å². The minimum absolute atomic E-state index is 0.156. The van der Waals surface area contributed by atoms with E-state index in [1.54, 1.807) is 0 Å². The van der Waals surface area contributed by atoms with Gasteiger partial charge in [-0.15, -0.1) is 0 Å². The molecule has 186 valence electrons. The summed E-state index contributed by atoms with van der Waals surface area (Å²) in [6, 6.07) is 45.4. The van der Waals surface area contributed by atoms with Gasteiger partial charge in [-0.1, -0.05) is 104 Å². The van der Waals surface area contributed by atoms with Crippen LogP contribution in [0.4, 0.5) is 11.5 Å². The number of anilines is 2. The van der Waals surface area contributed by atoms with E-state index in [2.05, 4.69) is 144 Å². The maximum Gasteiger partial charge on any atom is 0.134 e. The van der Waals surface area contributed by atoms with Crippen LogP contribution >= 0.6 is 0 Å². The third-order valence-corrected chi connectivity index (χ3v) is 8.19. The Bertz CT molecular complexity index is 1990. The normalized spacial score (nSPS) is 17.5. The molecule has 4 aromatic carbocycles. The summed E-state index contributed by atoms with van der Waals surface area (Å²) in [5.74, 6) is 1.26. The zero-order valence-corrected chi connectivity index (χ0v) is 21.7. The Morgan fingerprint density at radius 1 is 0.667 bits per heavy atom. The number of benzene rings is 4. The lowest BCUT2D eigenvalue weighted by Crippen LogP contribution is -2.44. The first-order valence-corrected chi connectivity index (χ1v) is 13.6. The van der Waals surface area contributed by atoms with Gasteiger partial charge >= 0.3 is 0 Å². The predicted octanol–water partition coefficient (Wildman–Crippen LogP) is 6.84. The van der Waals surface area contributed by atoms with Gasteiger partial charge < -0.3 is 9.47 Å². The lowest BCUT2D eigenvalue weighted by Gasteiger charge is -2.32. The van der Waals surface area contributed by atoms with Gasteiger partial charge in [0.25, 0.3) is 0 Å². The number of rotatable bonds is 3. The molecular weight excluding hydrogens is 474 g/mol. The average Bonchev–Trinajstić information content (AvgIpc) is 3.51. The number of pyridine rings is 1. The second-order valence-electron chi connectivity index (χ2n) is 10.5. The molecule has 3 heterocycles. The largest absolute Gasteiger partial charge is 0.318 e. The van der Waals surface area contributed by atoms with Crippen LogP contribution in [0.5, 0.6) is 0 Å². The first-order valence-electron chi connectivity index (χ1n) is 13.6. The van der Waals surface area contributed by atoms with Crippen LogP contribution in [0, 0.1) is 5.92 Å². The number of aromatic nitrogens is 2. The Morgan fingerprint density at radius 2 is 1.38 bits per heavy atom. The summed E-state index contributed by atoms with van der Waals surface area (Å²) < 4.78 is 2.43. The van der Waals surface area contributed by atoms with Crippen LogP contribution in [-0.4, -0.2) is 15.6 Å². The van der Waals surface area contributed by atoms with E-state index in [0.717, 1.165) is 17.1 Å². The minimum atomic E-state index is 0.156. The maximum absolute atomic E-state index is 5.21. The molecule has 6 aromatic rings. The zero-order valence-electron chi connectivity index (χ0n) is 21.7. The highest BCUT2D eigenvalue weighted by Gasteiger charge is 2.41. The quantitative estimate of drug-likeness (QED) is 0.265. The van der Waals surface area contributed by atoms with Gasteiger partial charge in [-0.05, 0) is 42.0 Å². The van der Waals surface area contributed by atoms with Crippen LogP contribution in [0.3, 0.4) is 0 Å². The van der Waals surface area contributed by atoms with Crippen molar-refractivity contribution in [3.63, 3.8) is 0 Å². The molecule has 2 aromatic heterocycles. The molecule has 0 amide bonds. The van der Waals surface area contributed by atoms with Gasteiger partial charge in [-0.3, -0.25) is 0 Å². The molecule has 0 saturated carbocycles. The molecule has 0 N–H and O–H groups in total. The second-order valence-corrected chi connectivity index (χ2v) is 10.5. The molecule has 0 fully saturated rings. The number of hydrogen-bond acceptors (Lipinski definition) is 2. The lowest BCUT2D eigenvalue weighted by atomic mass is 9.87. The van der Waals surface area contributed by atoms with Crippen molar-refractivity contribution in [1.82, 2.24) is 9.55 Å². The Hall–Kier alpha value is -4.89. The molecule has 0 radical (unpaired) electrons. The van der Waals surface area contributed by atoms with Crippen molar-refractivity contribution in [1.29, 1.82) is 0 Å². The summed E-state index contributed by atoms with van der Waals surface area (Å²) >= 11 is 0. The summed E-state index contributed by atoms with van der Waals surface area (Å²) in [7, 11) is 0. The molecule has 1 aliphatic carbocycles. The van der Waals surface area contributed by atoms with Crippen LogP contribution < -0.4 is 15.5 Å². The molecule has 39 heavy (non-hydrogen) atoms. The average molecular weight is 502 g/mol. The van der Waals surface area contributed by atoms with Crippen molar-refractivity contribution in [3.05, 3.63) is 144 Å². The first kappa shape index (κ1) is 22.1. The molecule has 0 saturated heterocycles. The number of hydrogen-bond donors (Lipinski definition) is 0. The Morgan fingerprint density at radius 3 is 2.23 bits per heavy atom. The lowest BCUT2D eigenvalue weighted by molar-refractivity contribution is 0.656. The van der Waals surface area contributed by atoms with Crippen molar-refractivity contribution in [2.75, 3.05) is 4.90 Å². The van der Waals surface area contributed by atoms with E-state index in [4.69, 9.17) is 4.98 Å². The van der Waals surface area contributed by atoms with Crippen LogP contribution in [0.2, 0.25) is 0 Å². The molecule has 0 spiro atoms. The molecule has 2 atom stereocenters. The van der Waals surface area contributed by atoms with Gasteiger partial charge in [0.2, 0.25) is 0 Å². The van der Waals surface area contributed by atoms with Gasteiger partial charge in [-0.2, -0.15) is 0 Å². The minimum Gasteiger partial charge on any atom is -0.318 e. The van der Waals surface area contributed by atoms with Crippen molar-refractivity contribution in [2.45, 2.75) is 13.0 Å². The van der Waals surface area contributed by atoms with Crippen molar-refractivity contribution in [3.8, 4) is 16.9 Å². The van der Waals surface area contributed by atoms with Crippen molar-refractivity contribution in [2.24, 2.45) is 5.92 Å². The second kappa shape index (κ2) is 8.57. The Labute approximate surface area is 227 Å². The summed E-state index contributed by atoms with van der Waals surface area (Å²) in [5.41, 5.74) is 8.48. The predicted molar refractivity (Wildman–Crippen MR) is 161 cm³/mol. The molecule has 3 nitrogen and oxygen atoms in total. The van der Waals surface area contributed by atoms with E-state index in [9.17, 15) is 0 Å². The monoisotopic (exact) mass is 501 g/mol. The van der Waals surface area contributed by atoms with Gasteiger partial charge in [0.1, 0.15) is 5.82 Å². The third kappa shape index (κ3) is 3.26. The fourth-order valence-electron chi connectivity index (χ4n) is 6.62. The first-order chi connectivity index (χ1) is 19.3. The fraction of sp³-hybridized carbons (Fsp3) is 0.0833. The maximum atomic E-state index is 5.21. The summed E-state index contributed by atoms with van der Waals surface area (Å²) in [6.45, 7) is 2.35. The molecular formula is C36H27N3. The SMILES string of the molecule is CC1C=c2c(c3ccccc3n2-c2ccccc2)=C2c3ccccc3N(c3cccc(-c4ccccc4)n3)C21. The van der Waals surface area contributed by atoms with Crippen molar-refractivity contribution >= 4 is 34.1 Å². The zero-order chi connectivity index (χ0) is 25.9. The Balaban J connectivity index is 1.44. The third-order valence-electron chi connectivity index (χ3n) is 8.19. The molecule has 2 unspecified atom stereocenters. The Kier molecular flexibility index (Phi) is 4.86. The van der Waals surface area contributed by atoms with Crippen LogP contribution in [0.25, 0.3) is 39.5 Å². The molecule has 3 heteroatoms. The number of nitrogens with zero attached hydrogens (tertiary/aromatic N) is 3.